The second-order valence-electron chi connectivity index (χ2n) is 6.40. The summed E-state index contributed by atoms with van der Waals surface area (Å²) in [7, 11) is 0. The Hall–Kier alpha value is -2.12. The number of anilines is 1. The summed E-state index contributed by atoms with van der Waals surface area (Å²) in [6.07, 6.45) is -0.728. The van der Waals surface area contributed by atoms with Gasteiger partial charge in [0.2, 0.25) is 5.91 Å². The zero-order valence-electron chi connectivity index (χ0n) is 14.0. The highest BCUT2D eigenvalue weighted by Gasteiger charge is 2.34. The third-order valence-electron chi connectivity index (χ3n) is 4.47. The highest BCUT2D eigenvalue weighted by molar-refractivity contribution is 5.98. The van der Waals surface area contributed by atoms with E-state index in [9.17, 15) is 9.59 Å². The number of carbonyl (C=O) groups is 2. The summed E-state index contributed by atoms with van der Waals surface area (Å²) < 4.78 is 11.2. The lowest BCUT2D eigenvalue weighted by Gasteiger charge is -2.39. The number of nitrogens with two attached hydrogens (primary N) is 1. The molecule has 2 aliphatic rings. The van der Waals surface area contributed by atoms with Crippen molar-refractivity contribution in [3.63, 3.8) is 0 Å². The van der Waals surface area contributed by atoms with Crippen LogP contribution in [0.3, 0.4) is 0 Å². The molecule has 0 aromatic heterocycles. The number of hydrogen-bond donors (Lipinski definition) is 1. The first-order chi connectivity index (χ1) is 11.5. The van der Waals surface area contributed by atoms with Crippen LogP contribution in [0.2, 0.25) is 0 Å². The number of rotatable bonds is 3. The SMILES string of the molecule is C[C@@H]1CN(CC(=O)N2C[C@H](C(N)=O)Oc3ccccc32)[C@@H](C)CO1. The van der Waals surface area contributed by atoms with Gasteiger partial charge in [-0.25, -0.2) is 0 Å². The molecule has 0 saturated carbocycles. The number of morpholine rings is 1. The minimum atomic E-state index is -0.829. The Morgan fingerprint density at radius 2 is 2.00 bits per heavy atom. The molecule has 2 N–H and O–H groups in total. The maximum absolute atomic E-state index is 12.9. The van der Waals surface area contributed by atoms with Gasteiger partial charge in [-0.15, -0.1) is 0 Å². The van der Waals surface area contributed by atoms with Gasteiger partial charge >= 0.3 is 0 Å². The molecule has 7 nitrogen and oxygen atoms in total. The first-order valence-corrected chi connectivity index (χ1v) is 8.16. The maximum atomic E-state index is 12.9. The molecule has 0 unspecified atom stereocenters. The topological polar surface area (TPSA) is 85.1 Å². The van der Waals surface area contributed by atoms with Crippen LogP contribution in [0, 0.1) is 0 Å². The third kappa shape index (κ3) is 3.37. The summed E-state index contributed by atoms with van der Waals surface area (Å²) in [4.78, 5) is 28.1. The molecule has 0 bridgehead atoms. The highest BCUT2D eigenvalue weighted by atomic mass is 16.5. The van der Waals surface area contributed by atoms with Crippen LogP contribution in [0.1, 0.15) is 13.8 Å². The van der Waals surface area contributed by atoms with Gasteiger partial charge in [0.15, 0.2) is 6.10 Å². The molecule has 2 heterocycles. The Bertz CT molecular complexity index is 636. The zero-order valence-corrected chi connectivity index (χ0v) is 14.0. The van der Waals surface area contributed by atoms with Gasteiger partial charge in [0.1, 0.15) is 5.75 Å². The number of hydrogen-bond acceptors (Lipinski definition) is 5. The molecule has 3 atom stereocenters. The van der Waals surface area contributed by atoms with Crippen LogP contribution in [-0.4, -0.2) is 61.2 Å². The molecule has 1 aromatic rings. The average Bonchev–Trinajstić information content (AvgIpc) is 2.57. The number of ether oxygens (including phenoxy) is 2. The summed E-state index contributed by atoms with van der Waals surface area (Å²) in [5.74, 6) is -0.141. The van der Waals surface area contributed by atoms with Crippen LogP contribution < -0.4 is 15.4 Å². The van der Waals surface area contributed by atoms with E-state index >= 15 is 0 Å². The lowest BCUT2D eigenvalue weighted by atomic mass is 10.1. The molecule has 2 amide bonds. The van der Waals surface area contributed by atoms with Crippen LogP contribution in [0.5, 0.6) is 5.75 Å². The van der Waals surface area contributed by atoms with E-state index < -0.39 is 12.0 Å². The van der Waals surface area contributed by atoms with Crippen molar-refractivity contribution in [1.29, 1.82) is 0 Å². The molecule has 7 heteroatoms. The fourth-order valence-electron chi connectivity index (χ4n) is 3.07. The summed E-state index contributed by atoms with van der Waals surface area (Å²) in [5.41, 5.74) is 6.06. The van der Waals surface area contributed by atoms with Crippen molar-refractivity contribution in [3.8, 4) is 5.75 Å². The second kappa shape index (κ2) is 6.78. The van der Waals surface area contributed by atoms with Gasteiger partial charge in [0.25, 0.3) is 5.91 Å². The number of nitrogens with zero attached hydrogens (tertiary/aromatic N) is 2. The predicted octanol–water partition coefficient (Wildman–Crippen LogP) is 0.375. The summed E-state index contributed by atoms with van der Waals surface area (Å²) >= 11 is 0. The van der Waals surface area contributed by atoms with Crippen molar-refractivity contribution in [1.82, 2.24) is 4.90 Å². The smallest absolute Gasteiger partial charge is 0.260 e. The molecule has 1 saturated heterocycles. The largest absolute Gasteiger partial charge is 0.477 e. The fourth-order valence-corrected chi connectivity index (χ4v) is 3.07. The molecular formula is C17H23N3O4. The Labute approximate surface area is 141 Å². The van der Waals surface area contributed by atoms with Crippen molar-refractivity contribution < 1.29 is 19.1 Å². The molecule has 2 aliphatic heterocycles. The first-order valence-electron chi connectivity index (χ1n) is 8.16. The Balaban J connectivity index is 1.79. The first kappa shape index (κ1) is 16.7. The molecular weight excluding hydrogens is 310 g/mol. The van der Waals surface area contributed by atoms with E-state index in [4.69, 9.17) is 15.2 Å². The number of amides is 2. The minimum absolute atomic E-state index is 0.0713. The number of carbonyl (C=O) groups excluding carboxylic acids is 2. The van der Waals surface area contributed by atoms with E-state index in [-0.39, 0.29) is 31.1 Å². The highest BCUT2D eigenvalue weighted by Crippen LogP contribution is 2.33. The fraction of sp³-hybridized carbons (Fsp3) is 0.529. The van der Waals surface area contributed by atoms with Crippen molar-refractivity contribution in [2.75, 3.05) is 31.1 Å². The van der Waals surface area contributed by atoms with Gasteiger partial charge < -0.3 is 20.1 Å². The average molecular weight is 333 g/mol. The number of fused-ring (bicyclic) bond motifs is 1. The van der Waals surface area contributed by atoms with Crippen LogP contribution in [0.25, 0.3) is 0 Å². The van der Waals surface area contributed by atoms with E-state index in [2.05, 4.69) is 4.90 Å². The van der Waals surface area contributed by atoms with Crippen LogP contribution >= 0.6 is 0 Å². The van der Waals surface area contributed by atoms with Crippen molar-refractivity contribution in [3.05, 3.63) is 24.3 Å². The molecule has 0 radical (unpaired) electrons. The Kier molecular flexibility index (Phi) is 4.73. The lowest BCUT2D eigenvalue weighted by molar-refractivity contribution is -0.126. The number of primary amides is 1. The summed E-state index contributed by atoms with van der Waals surface area (Å²) in [6.45, 7) is 5.76. The summed E-state index contributed by atoms with van der Waals surface area (Å²) in [5, 5.41) is 0. The molecule has 3 rings (SSSR count). The Morgan fingerprint density at radius 3 is 2.75 bits per heavy atom. The van der Waals surface area contributed by atoms with Gasteiger partial charge in [-0.1, -0.05) is 12.1 Å². The minimum Gasteiger partial charge on any atom is -0.477 e. The quantitative estimate of drug-likeness (QED) is 0.864. The van der Waals surface area contributed by atoms with Crippen molar-refractivity contribution in [2.45, 2.75) is 32.1 Å². The molecule has 130 valence electrons. The van der Waals surface area contributed by atoms with Crippen molar-refractivity contribution in [2.24, 2.45) is 5.73 Å². The van der Waals surface area contributed by atoms with Crippen LogP contribution in [-0.2, 0) is 14.3 Å². The van der Waals surface area contributed by atoms with E-state index in [0.29, 0.717) is 24.6 Å². The number of para-hydroxylation sites is 2. The van der Waals surface area contributed by atoms with Gasteiger partial charge in [-0.2, -0.15) is 0 Å². The molecule has 1 fully saturated rings. The zero-order chi connectivity index (χ0) is 17.3. The third-order valence-corrected chi connectivity index (χ3v) is 4.47. The van der Waals surface area contributed by atoms with Crippen LogP contribution in [0.15, 0.2) is 24.3 Å². The number of benzene rings is 1. The molecule has 0 aliphatic carbocycles. The van der Waals surface area contributed by atoms with E-state index in [0.717, 1.165) is 0 Å². The van der Waals surface area contributed by atoms with Crippen LogP contribution in [0.4, 0.5) is 5.69 Å². The second-order valence-corrected chi connectivity index (χ2v) is 6.40. The van der Waals surface area contributed by atoms with Crippen molar-refractivity contribution >= 4 is 17.5 Å². The van der Waals surface area contributed by atoms with Gasteiger partial charge in [0, 0.05) is 12.6 Å². The Morgan fingerprint density at radius 1 is 1.25 bits per heavy atom. The lowest BCUT2D eigenvalue weighted by Crippen LogP contribution is -2.55. The standard InChI is InChI=1S/C17H23N3O4/c1-11-10-23-12(2)7-19(11)9-16(21)20-8-15(17(18)22)24-14-6-4-3-5-13(14)20/h3-6,11-12,15H,7-10H2,1-2H3,(H2,18,22)/t11-,12+,15+/m0/s1. The van der Waals surface area contributed by atoms with Gasteiger partial charge in [-0.05, 0) is 26.0 Å². The monoisotopic (exact) mass is 333 g/mol. The van der Waals surface area contributed by atoms with E-state index in [1.54, 1.807) is 17.0 Å². The van der Waals surface area contributed by atoms with Gasteiger partial charge in [0.05, 0.1) is 31.5 Å². The normalized spacial score (nSPS) is 27.2. The maximum Gasteiger partial charge on any atom is 0.260 e. The predicted molar refractivity (Wildman–Crippen MR) is 88.9 cm³/mol. The van der Waals surface area contributed by atoms with E-state index in [1.165, 1.54) is 0 Å². The molecule has 24 heavy (non-hydrogen) atoms. The van der Waals surface area contributed by atoms with E-state index in [1.807, 2.05) is 26.0 Å². The summed E-state index contributed by atoms with van der Waals surface area (Å²) in [6, 6.07) is 7.37. The molecule has 1 aromatic carbocycles. The van der Waals surface area contributed by atoms with Gasteiger partial charge in [-0.3, -0.25) is 14.5 Å². The molecule has 0 spiro atoms.